The van der Waals surface area contributed by atoms with Gasteiger partial charge in [0.2, 0.25) is 0 Å². The van der Waals surface area contributed by atoms with Crippen LogP contribution in [0.4, 0.5) is 0 Å². The average Bonchev–Trinajstić information content (AvgIpc) is 2.61. The molecule has 106 valence electrons. The van der Waals surface area contributed by atoms with E-state index in [9.17, 15) is 0 Å². The normalized spacial score (nSPS) is 35.7. The summed E-state index contributed by atoms with van der Waals surface area (Å²) in [7, 11) is 2.34. The molecule has 0 saturated carbocycles. The first-order valence-corrected chi connectivity index (χ1v) is 8.12. The Bertz CT molecular complexity index is 239. The second-order valence-electron chi connectivity index (χ2n) is 6.65. The van der Waals surface area contributed by atoms with Gasteiger partial charge in [0.05, 0.1) is 0 Å². The maximum Gasteiger partial charge on any atom is 0.0122 e. The molecule has 2 rings (SSSR count). The number of piperidine rings is 1. The molecule has 4 unspecified atom stereocenters. The van der Waals surface area contributed by atoms with Crippen LogP contribution >= 0.6 is 0 Å². The van der Waals surface area contributed by atoms with Crippen LogP contribution in [-0.2, 0) is 0 Å². The molecule has 0 aromatic carbocycles. The zero-order valence-electron chi connectivity index (χ0n) is 12.8. The van der Waals surface area contributed by atoms with E-state index in [-0.39, 0.29) is 0 Å². The Labute approximate surface area is 114 Å². The molecule has 0 amide bonds. The molecular formula is C16H32N2. The molecule has 18 heavy (non-hydrogen) atoms. The van der Waals surface area contributed by atoms with Crippen LogP contribution in [0, 0.1) is 11.8 Å². The minimum Gasteiger partial charge on any atom is -0.313 e. The lowest BCUT2D eigenvalue weighted by molar-refractivity contribution is 0.0969. The van der Waals surface area contributed by atoms with Crippen molar-refractivity contribution in [1.29, 1.82) is 0 Å². The van der Waals surface area contributed by atoms with Crippen molar-refractivity contribution < 1.29 is 0 Å². The quantitative estimate of drug-likeness (QED) is 0.780. The third-order valence-electron chi connectivity index (χ3n) is 5.53. The molecule has 0 radical (unpaired) electrons. The van der Waals surface area contributed by atoms with Crippen molar-refractivity contribution >= 4 is 0 Å². The number of fused-ring (bicyclic) bond motifs is 2. The van der Waals surface area contributed by atoms with Crippen molar-refractivity contribution in [1.82, 2.24) is 10.2 Å². The molecule has 0 aromatic rings. The Morgan fingerprint density at radius 3 is 2.28 bits per heavy atom. The number of hydrogen-bond acceptors (Lipinski definition) is 2. The topological polar surface area (TPSA) is 15.3 Å². The first-order valence-electron chi connectivity index (χ1n) is 8.12. The molecule has 2 bridgehead atoms. The Kier molecular flexibility index (Phi) is 5.08. The summed E-state index contributed by atoms with van der Waals surface area (Å²) in [5.41, 5.74) is 0. The summed E-state index contributed by atoms with van der Waals surface area (Å²) in [6.07, 6.45) is 8.31. The molecule has 2 heterocycles. The van der Waals surface area contributed by atoms with E-state index >= 15 is 0 Å². The predicted molar refractivity (Wildman–Crippen MR) is 78.8 cm³/mol. The molecule has 0 aromatic heterocycles. The van der Waals surface area contributed by atoms with Gasteiger partial charge in [-0.15, -0.1) is 0 Å². The number of rotatable bonds is 6. The number of hydrogen-bond donors (Lipinski definition) is 1. The fourth-order valence-electron chi connectivity index (χ4n) is 4.14. The van der Waals surface area contributed by atoms with Gasteiger partial charge < -0.3 is 10.2 Å². The molecule has 2 heteroatoms. The van der Waals surface area contributed by atoms with E-state index in [1.165, 1.54) is 45.1 Å². The molecular weight excluding hydrogens is 220 g/mol. The van der Waals surface area contributed by atoms with Crippen molar-refractivity contribution in [3.8, 4) is 0 Å². The standard InChI is InChI=1S/C16H32N2/c1-5-9-17-16(12(3)6-2)13-10-14-7-8-15(11-13)18(14)4/h12-17H,5-11H2,1-4H3. The van der Waals surface area contributed by atoms with E-state index in [0.717, 1.165) is 30.0 Å². The lowest BCUT2D eigenvalue weighted by atomic mass is 9.79. The van der Waals surface area contributed by atoms with Crippen molar-refractivity contribution in [2.45, 2.75) is 77.4 Å². The van der Waals surface area contributed by atoms with Gasteiger partial charge in [-0.1, -0.05) is 27.2 Å². The SMILES string of the molecule is CCCNC(C(C)CC)C1CC2CCC(C1)N2C. The summed E-state index contributed by atoms with van der Waals surface area (Å²) < 4.78 is 0. The van der Waals surface area contributed by atoms with Gasteiger partial charge in [0, 0.05) is 18.1 Å². The molecule has 0 spiro atoms. The fraction of sp³-hybridized carbons (Fsp3) is 1.00. The van der Waals surface area contributed by atoms with E-state index in [4.69, 9.17) is 0 Å². The summed E-state index contributed by atoms with van der Waals surface area (Å²) in [4.78, 5) is 2.66. The third kappa shape index (κ3) is 2.91. The van der Waals surface area contributed by atoms with E-state index in [2.05, 4.69) is 38.0 Å². The highest BCUT2D eigenvalue weighted by Crippen LogP contribution is 2.40. The Balaban J connectivity index is 1.98. The first-order chi connectivity index (χ1) is 8.67. The van der Waals surface area contributed by atoms with Crippen molar-refractivity contribution in [2.24, 2.45) is 11.8 Å². The predicted octanol–water partition coefficient (Wildman–Crippen LogP) is 3.27. The van der Waals surface area contributed by atoms with E-state index < -0.39 is 0 Å². The zero-order chi connectivity index (χ0) is 13.1. The van der Waals surface area contributed by atoms with Gasteiger partial charge in [0.25, 0.3) is 0 Å². The van der Waals surface area contributed by atoms with E-state index in [1.807, 2.05) is 0 Å². The van der Waals surface area contributed by atoms with Gasteiger partial charge in [0.15, 0.2) is 0 Å². The minimum atomic E-state index is 0.756. The van der Waals surface area contributed by atoms with Crippen molar-refractivity contribution in [3.05, 3.63) is 0 Å². The first kappa shape index (κ1) is 14.3. The van der Waals surface area contributed by atoms with Crippen LogP contribution in [0.15, 0.2) is 0 Å². The van der Waals surface area contributed by atoms with Gasteiger partial charge in [-0.05, 0) is 57.5 Å². The molecule has 2 saturated heterocycles. The molecule has 2 aliphatic rings. The smallest absolute Gasteiger partial charge is 0.0122 e. The highest BCUT2D eigenvalue weighted by molar-refractivity contribution is 4.97. The van der Waals surface area contributed by atoms with Crippen LogP contribution in [0.25, 0.3) is 0 Å². The highest BCUT2D eigenvalue weighted by Gasteiger charge is 2.41. The second-order valence-corrected chi connectivity index (χ2v) is 6.65. The molecule has 2 nitrogen and oxygen atoms in total. The van der Waals surface area contributed by atoms with Crippen molar-refractivity contribution in [3.63, 3.8) is 0 Å². The largest absolute Gasteiger partial charge is 0.313 e. The highest BCUT2D eigenvalue weighted by atomic mass is 15.2. The van der Waals surface area contributed by atoms with Gasteiger partial charge in [-0.25, -0.2) is 0 Å². The number of nitrogens with zero attached hydrogens (tertiary/aromatic N) is 1. The minimum absolute atomic E-state index is 0.756. The summed E-state index contributed by atoms with van der Waals surface area (Å²) >= 11 is 0. The van der Waals surface area contributed by atoms with Gasteiger partial charge in [-0.3, -0.25) is 0 Å². The molecule has 1 N–H and O–H groups in total. The molecule has 0 aliphatic carbocycles. The lowest BCUT2D eigenvalue weighted by Gasteiger charge is -2.42. The van der Waals surface area contributed by atoms with Gasteiger partial charge in [-0.2, -0.15) is 0 Å². The van der Waals surface area contributed by atoms with Crippen LogP contribution in [0.1, 0.15) is 59.3 Å². The van der Waals surface area contributed by atoms with Crippen molar-refractivity contribution in [2.75, 3.05) is 13.6 Å². The third-order valence-corrected chi connectivity index (χ3v) is 5.53. The van der Waals surface area contributed by atoms with Crippen LogP contribution < -0.4 is 5.32 Å². The maximum absolute atomic E-state index is 3.86. The lowest BCUT2D eigenvalue weighted by Crippen LogP contribution is -2.49. The summed E-state index contributed by atoms with van der Waals surface area (Å²) in [5.74, 6) is 1.74. The zero-order valence-corrected chi connectivity index (χ0v) is 12.8. The maximum atomic E-state index is 3.86. The van der Waals surface area contributed by atoms with Crippen LogP contribution in [-0.4, -0.2) is 36.6 Å². The van der Waals surface area contributed by atoms with E-state index in [0.29, 0.717) is 0 Å². The number of nitrogens with one attached hydrogen (secondary N) is 1. The second kappa shape index (κ2) is 6.38. The Morgan fingerprint density at radius 1 is 1.17 bits per heavy atom. The van der Waals surface area contributed by atoms with Crippen LogP contribution in [0.3, 0.4) is 0 Å². The van der Waals surface area contributed by atoms with Gasteiger partial charge in [0.1, 0.15) is 0 Å². The average molecular weight is 252 g/mol. The van der Waals surface area contributed by atoms with Crippen LogP contribution in [0.5, 0.6) is 0 Å². The molecule has 2 aliphatic heterocycles. The van der Waals surface area contributed by atoms with E-state index in [1.54, 1.807) is 0 Å². The molecule has 2 fully saturated rings. The molecule has 4 atom stereocenters. The monoisotopic (exact) mass is 252 g/mol. The van der Waals surface area contributed by atoms with Gasteiger partial charge >= 0.3 is 0 Å². The summed E-state index contributed by atoms with van der Waals surface area (Å²) in [5, 5.41) is 3.86. The fourth-order valence-corrected chi connectivity index (χ4v) is 4.14. The Hall–Kier alpha value is -0.0800. The Morgan fingerprint density at radius 2 is 1.78 bits per heavy atom. The summed E-state index contributed by atoms with van der Waals surface area (Å²) in [6, 6.07) is 2.51. The summed E-state index contributed by atoms with van der Waals surface area (Å²) in [6.45, 7) is 8.25. The van der Waals surface area contributed by atoms with Crippen LogP contribution in [0.2, 0.25) is 0 Å².